The van der Waals surface area contributed by atoms with Crippen LogP contribution in [0.15, 0.2) is 18.2 Å². The van der Waals surface area contributed by atoms with Crippen molar-refractivity contribution in [3.8, 4) is 0 Å². The first-order chi connectivity index (χ1) is 8.47. The summed E-state index contributed by atoms with van der Waals surface area (Å²) in [4.78, 5) is 14.9. The van der Waals surface area contributed by atoms with E-state index < -0.39 is 0 Å². The summed E-state index contributed by atoms with van der Waals surface area (Å²) >= 11 is 0. The molecule has 4 heteroatoms. The van der Waals surface area contributed by atoms with Crippen LogP contribution in [0.3, 0.4) is 0 Å². The van der Waals surface area contributed by atoms with E-state index in [-0.39, 0.29) is 0 Å². The van der Waals surface area contributed by atoms with Gasteiger partial charge in [-0.3, -0.25) is 0 Å². The van der Waals surface area contributed by atoms with E-state index in [0.29, 0.717) is 5.95 Å². The molecule has 0 aliphatic rings. The molecule has 1 aromatic carbocycles. The van der Waals surface area contributed by atoms with Crippen LogP contribution in [0.25, 0.3) is 0 Å². The average molecular weight is 242 g/mol. The van der Waals surface area contributed by atoms with Gasteiger partial charge in [0.1, 0.15) is 11.6 Å². The summed E-state index contributed by atoms with van der Waals surface area (Å²) in [5.74, 6) is 2.17. The second kappa shape index (κ2) is 4.72. The summed E-state index contributed by atoms with van der Waals surface area (Å²) in [5.41, 5.74) is 3.64. The molecule has 0 fully saturated rings. The number of aryl methyl sites for hydroxylation is 4. The largest absolute Gasteiger partial charge is 0.314 e. The van der Waals surface area contributed by atoms with Gasteiger partial charge in [-0.25, -0.2) is 4.98 Å². The Morgan fingerprint density at radius 2 is 1.44 bits per heavy atom. The zero-order valence-corrected chi connectivity index (χ0v) is 11.5. The van der Waals surface area contributed by atoms with E-state index in [2.05, 4.69) is 47.0 Å². The van der Waals surface area contributed by atoms with Gasteiger partial charge in [-0.05, 0) is 51.0 Å². The molecule has 1 heterocycles. The van der Waals surface area contributed by atoms with E-state index in [9.17, 15) is 0 Å². The predicted octanol–water partition coefficient (Wildman–Crippen LogP) is 2.87. The molecule has 0 radical (unpaired) electrons. The number of rotatable bonds is 2. The molecule has 2 rings (SSSR count). The Labute approximate surface area is 108 Å². The average Bonchev–Trinajstić information content (AvgIpc) is 2.30. The van der Waals surface area contributed by atoms with Gasteiger partial charge in [0.05, 0.1) is 0 Å². The molecule has 0 saturated heterocycles. The lowest BCUT2D eigenvalue weighted by atomic mass is 10.1. The van der Waals surface area contributed by atoms with Crippen LogP contribution in [0, 0.1) is 27.7 Å². The standard InChI is InChI=1S/C14H18N4/c1-9-6-7-13(8-10(9)2)18(5)14-16-11(3)15-12(4)17-14/h6-8H,1-5H3. The van der Waals surface area contributed by atoms with Crippen molar-refractivity contribution >= 4 is 11.6 Å². The highest BCUT2D eigenvalue weighted by molar-refractivity contribution is 5.58. The molecule has 0 aliphatic carbocycles. The number of hydrogen-bond donors (Lipinski definition) is 0. The maximum absolute atomic E-state index is 4.37. The van der Waals surface area contributed by atoms with Crippen LogP contribution >= 0.6 is 0 Å². The van der Waals surface area contributed by atoms with Crippen molar-refractivity contribution in [1.29, 1.82) is 0 Å². The zero-order chi connectivity index (χ0) is 13.3. The van der Waals surface area contributed by atoms with E-state index >= 15 is 0 Å². The van der Waals surface area contributed by atoms with Crippen LogP contribution in [-0.4, -0.2) is 22.0 Å². The van der Waals surface area contributed by atoms with Gasteiger partial charge < -0.3 is 4.90 Å². The first-order valence-electron chi connectivity index (χ1n) is 5.97. The smallest absolute Gasteiger partial charge is 0.233 e. The van der Waals surface area contributed by atoms with Gasteiger partial charge in [-0.1, -0.05) is 6.07 Å². The van der Waals surface area contributed by atoms with E-state index in [1.165, 1.54) is 11.1 Å². The van der Waals surface area contributed by atoms with Crippen LogP contribution in [0.4, 0.5) is 11.6 Å². The molecule has 0 saturated carbocycles. The lowest BCUT2D eigenvalue weighted by Gasteiger charge is -2.18. The van der Waals surface area contributed by atoms with Crippen molar-refractivity contribution in [3.05, 3.63) is 41.0 Å². The third kappa shape index (κ3) is 2.47. The predicted molar refractivity (Wildman–Crippen MR) is 73.3 cm³/mol. The third-order valence-corrected chi connectivity index (χ3v) is 3.03. The summed E-state index contributed by atoms with van der Waals surface area (Å²) in [6.07, 6.45) is 0. The Bertz CT molecular complexity index is 558. The van der Waals surface area contributed by atoms with E-state index in [0.717, 1.165) is 17.3 Å². The molecule has 0 bridgehead atoms. The van der Waals surface area contributed by atoms with Gasteiger partial charge in [-0.15, -0.1) is 0 Å². The second-order valence-electron chi connectivity index (χ2n) is 4.56. The highest BCUT2D eigenvalue weighted by Gasteiger charge is 2.09. The third-order valence-electron chi connectivity index (χ3n) is 3.03. The summed E-state index contributed by atoms with van der Waals surface area (Å²) in [6, 6.07) is 6.34. The van der Waals surface area contributed by atoms with Crippen molar-refractivity contribution < 1.29 is 0 Å². The SMILES string of the molecule is Cc1nc(C)nc(N(C)c2ccc(C)c(C)c2)n1. The van der Waals surface area contributed by atoms with E-state index in [1.54, 1.807) is 0 Å². The maximum atomic E-state index is 4.37. The molecule has 0 aliphatic heterocycles. The highest BCUT2D eigenvalue weighted by atomic mass is 15.3. The quantitative estimate of drug-likeness (QED) is 0.812. The molecule has 94 valence electrons. The summed E-state index contributed by atoms with van der Waals surface area (Å²) in [6.45, 7) is 7.98. The fraction of sp³-hybridized carbons (Fsp3) is 0.357. The number of nitrogens with zero attached hydrogens (tertiary/aromatic N) is 4. The van der Waals surface area contributed by atoms with Gasteiger partial charge >= 0.3 is 0 Å². The van der Waals surface area contributed by atoms with Gasteiger partial charge in [0.25, 0.3) is 0 Å². The molecule has 0 atom stereocenters. The molecule has 0 spiro atoms. The molecule has 0 N–H and O–H groups in total. The Kier molecular flexibility index (Phi) is 3.28. The lowest BCUT2D eigenvalue weighted by molar-refractivity contribution is 0.894. The summed E-state index contributed by atoms with van der Waals surface area (Å²) in [5, 5.41) is 0. The fourth-order valence-electron chi connectivity index (χ4n) is 1.80. The molecule has 1 aromatic heterocycles. The van der Waals surface area contributed by atoms with Gasteiger partial charge in [0, 0.05) is 12.7 Å². The maximum Gasteiger partial charge on any atom is 0.233 e. The van der Waals surface area contributed by atoms with Crippen molar-refractivity contribution in [1.82, 2.24) is 15.0 Å². The fourth-order valence-corrected chi connectivity index (χ4v) is 1.80. The lowest BCUT2D eigenvalue weighted by Crippen LogP contribution is -2.15. The summed E-state index contributed by atoms with van der Waals surface area (Å²) < 4.78 is 0. The van der Waals surface area contributed by atoms with Crippen molar-refractivity contribution in [2.24, 2.45) is 0 Å². The molecular formula is C14H18N4. The Balaban J connectivity index is 2.40. The van der Waals surface area contributed by atoms with E-state index in [1.807, 2.05) is 25.8 Å². The normalized spacial score (nSPS) is 10.5. The molecule has 0 amide bonds. The van der Waals surface area contributed by atoms with Crippen molar-refractivity contribution in [2.45, 2.75) is 27.7 Å². The Hall–Kier alpha value is -1.97. The summed E-state index contributed by atoms with van der Waals surface area (Å²) in [7, 11) is 1.97. The van der Waals surface area contributed by atoms with Crippen LogP contribution in [-0.2, 0) is 0 Å². The molecule has 0 unspecified atom stereocenters. The molecule has 18 heavy (non-hydrogen) atoms. The highest BCUT2D eigenvalue weighted by Crippen LogP contribution is 2.22. The van der Waals surface area contributed by atoms with Crippen LogP contribution < -0.4 is 4.90 Å². The monoisotopic (exact) mass is 242 g/mol. The number of aromatic nitrogens is 3. The van der Waals surface area contributed by atoms with Gasteiger partial charge in [-0.2, -0.15) is 9.97 Å². The Morgan fingerprint density at radius 1 is 0.833 bits per heavy atom. The Morgan fingerprint density at radius 3 is 2.00 bits per heavy atom. The van der Waals surface area contributed by atoms with Crippen molar-refractivity contribution in [2.75, 3.05) is 11.9 Å². The van der Waals surface area contributed by atoms with Crippen LogP contribution in [0.2, 0.25) is 0 Å². The zero-order valence-electron chi connectivity index (χ0n) is 11.5. The molecular weight excluding hydrogens is 224 g/mol. The topological polar surface area (TPSA) is 41.9 Å². The molecule has 2 aromatic rings. The minimum atomic E-state index is 0.684. The molecule has 4 nitrogen and oxygen atoms in total. The first-order valence-corrected chi connectivity index (χ1v) is 5.97. The van der Waals surface area contributed by atoms with E-state index in [4.69, 9.17) is 0 Å². The first kappa shape index (κ1) is 12.5. The minimum absolute atomic E-state index is 0.684. The van der Waals surface area contributed by atoms with Gasteiger partial charge in [0.2, 0.25) is 5.95 Å². The number of hydrogen-bond acceptors (Lipinski definition) is 4. The van der Waals surface area contributed by atoms with Crippen molar-refractivity contribution in [3.63, 3.8) is 0 Å². The van der Waals surface area contributed by atoms with Gasteiger partial charge in [0.15, 0.2) is 0 Å². The van der Waals surface area contributed by atoms with Crippen LogP contribution in [0.1, 0.15) is 22.8 Å². The number of anilines is 2. The van der Waals surface area contributed by atoms with Crippen LogP contribution in [0.5, 0.6) is 0 Å². The minimum Gasteiger partial charge on any atom is -0.314 e. The second-order valence-corrected chi connectivity index (χ2v) is 4.56. The number of benzene rings is 1.